The van der Waals surface area contributed by atoms with Gasteiger partial charge in [-0.2, -0.15) is 0 Å². The molecule has 1 aliphatic rings. The van der Waals surface area contributed by atoms with E-state index in [4.69, 9.17) is 0 Å². The first kappa shape index (κ1) is 12.6. The molecule has 1 aliphatic heterocycles. The number of rotatable bonds is 1. The highest BCUT2D eigenvalue weighted by atomic mass is 127. The number of nitrogens with zero attached hydrogens (tertiary/aromatic N) is 1. The summed E-state index contributed by atoms with van der Waals surface area (Å²) in [6.45, 7) is -1.45. The van der Waals surface area contributed by atoms with E-state index in [1.165, 1.54) is 0 Å². The molecule has 0 radical (unpaired) electrons. The smallest absolute Gasteiger partial charge is 0.282 e. The molecule has 0 N–H and O–H groups in total. The number of halogens is 5. The second-order valence-electron chi connectivity index (χ2n) is 3.76. The van der Waals surface area contributed by atoms with Crippen LogP contribution < -0.4 is 0 Å². The predicted molar refractivity (Wildman–Crippen MR) is 59.9 cm³/mol. The Labute approximate surface area is 108 Å². The van der Waals surface area contributed by atoms with Crippen molar-refractivity contribution in [1.82, 2.24) is 4.90 Å². The molecule has 17 heavy (non-hydrogen) atoms. The fourth-order valence-electron chi connectivity index (χ4n) is 1.51. The van der Waals surface area contributed by atoms with Gasteiger partial charge >= 0.3 is 0 Å². The first-order chi connectivity index (χ1) is 7.80. The summed E-state index contributed by atoms with van der Waals surface area (Å²) in [6, 6.07) is 1.59. The summed E-state index contributed by atoms with van der Waals surface area (Å²) < 4.78 is 51.5. The second-order valence-corrected chi connectivity index (χ2v) is 4.93. The molecule has 1 fully saturated rings. The average molecular weight is 359 g/mol. The molecule has 2 rings (SSSR count). The van der Waals surface area contributed by atoms with Gasteiger partial charge in [0.15, 0.2) is 0 Å². The molecule has 0 unspecified atom stereocenters. The Bertz CT molecular complexity index is 483. The maximum absolute atomic E-state index is 13.3. The van der Waals surface area contributed by atoms with Gasteiger partial charge in [0.05, 0.1) is 18.7 Å². The Balaban J connectivity index is 2.24. The number of alkyl halides is 2. The van der Waals surface area contributed by atoms with E-state index < -0.39 is 36.6 Å². The third-order valence-corrected chi connectivity index (χ3v) is 3.20. The van der Waals surface area contributed by atoms with E-state index in [1.54, 1.807) is 22.6 Å². The molecule has 0 bridgehead atoms. The van der Waals surface area contributed by atoms with Gasteiger partial charge < -0.3 is 4.90 Å². The van der Waals surface area contributed by atoms with E-state index in [9.17, 15) is 22.4 Å². The quantitative estimate of drug-likeness (QED) is 0.429. The normalized spacial score (nSPS) is 17.8. The molecule has 0 aliphatic carbocycles. The minimum absolute atomic E-state index is 0.0691. The summed E-state index contributed by atoms with van der Waals surface area (Å²) in [6.07, 6.45) is 0. The van der Waals surface area contributed by atoms with E-state index in [0.717, 1.165) is 11.0 Å². The molecular formula is C10H6F4INO. The zero-order valence-electron chi connectivity index (χ0n) is 8.31. The van der Waals surface area contributed by atoms with Crippen LogP contribution in [-0.2, 0) is 0 Å². The molecule has 1 amide bonds. The standard InChI is InChI=1S/C10H6F4INO/c11-6-2-7(12)8(15)1-5(6)9(17)16-3-10(13,14)4-16/h1-2H,3-4H2. The van der Waals surface area contributed by atoms with Gasteiger partial charge in [0.2, 0.25) is 0 Å². The van der Waals surface area contributed by atoms with Gasteiger partial charge in [-0.1, -0.05) is 0 Å². The van der Waals surface area contributed by atoms with Crippen LogP contribution in [0.2, 0.25) is 0 Å². The van der Waals surface area contributed by atoms with Gasteiger partial charge in [-0.3, -0.25) is 4.79 Å². The summed E-state index contributed by atoms with van der Waals surface area (Å²) in [5, 5.41) is 0. The van der Waals surface area contributed by atoms with Crippen molar-refractivity contribution in [1.29, 1.82) is 0 Å². The Morgan fingerprint density at radius 2 is 1.82 bits per heavy atom. The largest absolute Gasteiger partial charge is 0.326 e. The van der Waals surface area contributed by atoms with Crippen LogP contribution in [-0.4, -0.2) is 29.8 Å². The minimum atomic E-state index is -2.90. The van der Waals surface area contributed by atoms with Crippen molar-refractivity contribution in [3.8, 4) is 0 Å². The van der Waals surface area contributed by atoms with Crippen LogP contribution in [0.1, 0.15) is 10.4 Å². The first-order valence-corrected chi connectivity index (χ1v) is 5.70. The van der Waals surface area contributed by atoms with Gasteiger partial charge in [0.25, 0.3) is 11.8 Å². The zero-order chi connectivity index (χ0) is 12.8. The molecule has 2 nitrogen and oxygen atoms in total. The van der Waals surface area contributed by atoms with Crippen molar-refractivity contribution in [3.63, 3.8) is 0 Å². The number of benzene rings is 1. The number of carbonyl (C=O) groups is 1. The fourth-order valence-corrected chi connectivity index (χ4v) is 1.98. The molecule has 1 saturated heterocycles. The van der Waals surface area contributed by atoms with Crippen LogP contribution in [0.4, 0.5) is 17.6 Å². The Hall–Kier alpha value is -0.860. The van der Waals surface area contributed by atoms with Crippen molar-refractivity contribution in [2.45, 2.75) is 5.92 Å². The monoisotopic (exact) mass is 359 g/mol. The molecule has 1 aromatic carbocycles. The number of hydrogen-bond donors (Lipinski definition) is 0. The van der Waals surface area contributed by atoms with Gasteiger partial charge in [0.1, 0.15) is 11.6 Å². The number of likely N-dealkylation sites (tertiary alicyclic amines) is 1. The van der Waals surface area contributed by atoms with E-state index in [1.807, 2.05) is 0 Å². The summed E-state index contributed by atoms with van der Waals surface area (Å²) in [7, 11) is 0. The van der Waals surface area contributed by atoms with Crippen molar-refractivity contribution < 1.29 is 22.4 Å². The Kier molecular flexibility index (Phi) is 3.04. The van der Waals surface area contributed by atoms with E-state index in [-0.39, 0.29) is 9.13 Å². The molecule has 92 valence electrons. The predicted octanol–water partition coefficient (Wildman–Crippen LogP) is 2.66. The molecule has 0 spiro atoms. The van der Waals surface area contributed by atoms with Crippen molar-refractivity contribution in [2.75, 3.05) is 13.1 Å². The van der Waals surface area contributed by atoms with Gasteiger partial charge in [0, 0.05) is 9.64 Å². The fraction of sp³-hybridized carbons (Fsp3) is 0.300. The highest BCUT2D eigenvalue weighted by Gasteiger charge is 2.46. The minimum Gasteiger partial charge on any atom is -0.326 e. The number of amides is 1. The second kappa shape index (κ2) is 4.11. The first-order valence-electron chi connectivity index (χ1n) is 4.62. The van der Waals surface area contributed by atoms with Crippen LogP contribution in [0.15, 0.2) is 12.1 Å². The molecule has 0 atom stereocenters. The lowest BCUT2D eigenvalue weighted by atomic mass is 10.1. The molecule has 0 saturated carbocycles. The molecular weight excluding hydrogens is 353 g/mol. The number of carbonyl (C=O) groups excluding carboxylic acids is 1. The van der Waals surface area contributed by atoms with E-state index in [2.05, 4.69) is 0 Å². The summed E-state index contributed by atoms with van der Waals surface area (Å²) in [4.78, 5) is 12.5. The number of hydrogen-bond acceptors (Lipinski definition) is 1. The summed E-state index contributed by atoms with van der Waals surface area (Å²) in [5.74, 6) is -5.57. The Morgan fingerprint density at radius 1 is 1.24 bits per heavy atom. The molecule has 0 aromatic heterocycles. The van der Waals surface area contributed by atoms with E-state index >= 15 is 0 Å². The lowest BCUT2D eigenvalue weighted by Crippen LogP contribution is -2.58. The highest BCUT2D eigenvalue weighted by Crippen LogP contribution is 2.29. The summed E-state index contributed by atoms with van der Waals surface area (Å²) >= 11 is 1.60. The molecule has 1 heterocycles. The maximum Gasteiger partial charge on any atom is 0.282 e. The van der Waals surface area contributed by atoms with Crippen LogP contribution in [0.25, 0.3) is 0 Å². The SMILES string of the molecule is O=C(c1cc(I)c(F)cc1F)N1CC(F)(F)C1. The maximum atomic E-state index is 13.3. The van der Waals surface area contributed by atoms with Crippen molar-refractivity contribution in [3.05, 3.63) is 32.9 Å². The van der Waals surface area contributed by atoms with Gasteiger partial charge in [-0.15, -0.1) is 0 Å². The van der Waals surface area contributed by atoms with Crippen LogP contribution >= 0.6 is 22.6 Å². The third kappa shape index (κ3) is 2.38. The van der Waals surface area contributed by atoms with Crippen LogP contribution in [0, 0.1) is 15.2 Å². The van der Waals surface area contributed by atoms with Crippen LogP contribution in [0.3, 0.4) is 0 Å². The van der Waals surface area contributed by atoms with Crippen molar-refractivity contribution >= 4 is 28.5 Å². The summed E-state index contributed by atoms with van der Waals surface area (Å²) in [5.41, 5.74) is -0.383. The van der Waals surface area contributed by atoms with Gasteiger partial charge in [-0.05, 0) is 28.7 Å². The topological polar surface area (TPSA) is 20.3 Å². The Morgan fingerprint density at radius 3 is 2.35 bits per heavy atom. The molecule has 1 aromatic rings. The average Bonchev–Trinajstić information content (AvgIpc) is 2.19. The third-order valence-electron chi connectivity index (χ3n) is 2.37. The highest BCUT2D eigenvalue weighted by molar-refractivity contribution is 14.1. The molecule has 7 heteroatoms. The zero-order valence-corrected chi connectivity index (χ0v) is 10.5. The lowest BCUT2D eigenvalue weighted by Gasteiger charge is -2.38. The lowest BCUT2D eigenvalue weighted by molar-refractivity contribution is -0.113. The van der Waals surface area contributed by atoms with Crippen molar-refractivity contribution in [2.24, 2.45) is 0 Å². The van der Waals surface area contributed by atoms with Crippen LogP contribution in [0.5, 0.6) is 0 Å². The van der Waals surface area contributed by atoms with E-state index in [0.29, 0.717) is 6.07 Å². The van der Waals surface area contributed by atoms with Gasteiger partial charge in [-0.25, -0.2) is 17.6 Å².